The Morgan fingerprint density at radius 3 is 2.75 bits per heavy atom. The third kappa shape index (κ3) is 4.61. The van der Waals surface area contributed by atoms with Crippen LogP contribution in [0.15, 0.2) is 30.5 Å². The first-order valence-corrected chi connectivity index (χ1v) is 8.14. The van der Waals surface area contributed by atoms with Crippen molar-refractivity contribution in [1.29, 1.82) is 0 Å². The maximum Gasteiger partial charge on any atom is 0.274 e. The van der Waals surface area contributed by atoms with Crippen molar-refractivity contribution in [3.05, 3.63) is 46.7 Å². The molecule has 24 heavy (non-hydrogen) atoms. The highest BCUT2D eigenvalue weighted by atomic mass is 35.5. The van der Waals surface area contributed by atoms with Crippen LogP contribution < -0.4 is 15.4 Å². The number of carbonyl (C=O) groups is 1. The number of pyridine rings is 1. The Morgan fingerprint density at radius 1 is 1.33 bits per heavy atom. The Kier molecular flexibility index (Phi) is 6.04. The van der Waals surface area contributed by atoms with E-state index in [0.717, 1.165) is 17.8 Å². The molecule has 0 saturated carbocycles. The van der Waals surface area contributed by atoms with Crippen molar-refractivity contribution in [2.24, 2.45) is 5.92 Å². The van der Waals surface area contributed by atoms with Crippen LogP contribution in [0.4, 0.5) is 11.4 Å². The Hall–Kier alpha value is -2.27. The minimum Gasteiger partial charge on any atom is -0.495 e. The lowest BCUT2D eigenvalue weighted by molar-refractivity contribution is 0.102. The van der Waals surface area contributed by atoms with E-state index in [0.29, 0.717) is 28.1 Å². The van der Waals surface area contributed by atoms with Gasteiger partial charge in [0.2, 0.25) is 0 Å². The molecule has 5 nitrogen and oxygen atoms in total. The number of rotatable bonds is 6. The van der Waals surface area contributed by atoms with Crippen LogP contribution in [0.3, 0.4) is 0 Å². The third-order valence-electron chi connectivity index (χ3n) is 3.44. The molecule has 0 saturated heterocycles. The zero-order chi connectivity index (χ0) is 17.7. The predicted molar refractivity (Wildman–Crippen MR) is 98.3 cm³/mol. The van der Waals surface area contributed by atoms with Crippen LogP contribution >= 0.6 is 11.6 Å². The maximum atomic E-state index is 12.5. The van der Waals surface area contributed by atoms with Crippen molar-refractivity contribution >= 4 is 28.9 Å². The molecule has 0 bridgehead atoms. The summed E-state index contributed by atoms with van der Waals surface area (Å²) in [5.74, 6) is 0.716. The molecule has 2 N–H and O–H groups in total. The third-order valence-corrected chi connectivity index (χ3v) is 3.84. The number of nitrogens with one attached hydrogen (secondary N) is 2. The molecule has 128 valence electrons. The van der Waals surface area contributed by atoms with E-state index in [1.807, 2.05) is 13.0 Å². The van der Waals surface area contributed by atoms with Gasteiger partial charge in [0.25, 0.3) is 5.91 Å². The van der Waals surface area contributed by atoms with Crippen molar-refractivity contribution in [2.75, 3.05) is 24.3 Å². The van der Waals surface area contributed by atoms with Gasteiger partial charge in [-0.2, -0.15) is 0 Å². The van der Waals surface area contributed by atoms with Gasteiger partial charge < -0.3 is 15.4 Å². The van der Waals surface area contributed by atoms with Gasteiger partial charge in [0.05, 0.1) is 12.8 Å². The number of halogens is 1. The topological polar surface area (TPSA) is 63.2 Å². The van der Waals surface area contributed by atoms with E-state index in [1.165, 1.54) is 7.11 Å². The largest absolute Gasteiger partial charge is 0.495 e. The number of hydrogen-bond donors (Lipinski definition) is 2. The highest BCUT2D eigenvalue weighted by molar-refractivity contribution is 6.31. The molecule has 1 aromatic heterocycles. The Bertz CT molecular complexity index is 732. The highest BCUT2D eigenvalue weighted by Gasteiger charge is 2.13. The van der Waals surface area contributed by atoms with E-state index < -0.39 is 0 Å². The lowest BCUT2D eigenvalue weighted by atomic mass is 10.2. The molecule has 1 heterocycles. The van der Waals surface area contributed by atoms with Gasteiger partial charge in [-0.25, -0.2) is 0 Å². The van der Waals surface area contributed by atoms with E-state index in [4.69, 9.17) is 16.3 Å². The average molecular weight is 348 g/mol. The number of aromatic nitrogens is 1. The van der Waals surface area contributed by atoms with Gasteiger partial charge in [-0.1, -0.05) is 25.4 Å². The molecule has 2 aromatic rings. The molecule has 0 spiro atoms. The van der Waals surface area contributed by atoms with E-state index in [9.17, 15) is 4.79 Å². The van der Waals surface area contributed by atoms with Crippen LogP contribution in [0.1, 0.15) is 29.9 Å². The molecule has 1 amide bonds. The molecule has 1 aromatic carbocycles. The van der Waals surface area contributed by atoms with E-state index >= 15 is 0 Å². The maximum absolute atomic E-state index is 12.5. The van der Waals surface area contributed by atoms with E-state index in [-0.39, 0.29) is 5.91 Å². The van der Waals surface area contributed by atoms with E-state index in [1.54, 1.807) is 24.4 Å². The van der Waals surface area contributed by atoms with Crippen molar-refractivity contribution in [2.45, 2.75) is 20.8 Å². The minimum atomic E-state index is -0.303. The van der Waals surface area contributed by atoms with Crippen LogP contribution in [0.2, 0.25) is 5.02 Å². The highest BCUT2D eigenvalue weighted by Crippen LogP contribution is 2.31. The van der Waals surface area contributed by atoms with Crippen LogP contribution in [-0.2, 0) is 0 Å². The number of carbonyl (C=O) groups excluding carboxylic acids is 1. The summed E-state index contributed by atoms with van der Waals surface area (Å²) >= 11 is 6.09. The Balaban J connectivity index is 2.18. The molecule has 0 aliphatic heterocycles. The molecule has 0 fully saturated rings. The number of ether oxygens (including phenoxy) is 1. The SMILES string of the molecule is COc1cc(Cl)c(C)cc1NC(=O)c1cc(NCC(C)C)ccn1. The van der Waals surface area contributed by atoms with Gasteiger partial charge >= 0.3 is 0 Å². The van der Waals surface area contributed by atoms with Gasteiger partial charge in [0.15, 0.2) is 0 Å². The fourth-order valence-electron chi connectivity index (χ4n) is 2.10. The Labute approximate surface area is 147 Å². The first-order valence-electron chi connectivity index (χ1n) is 7.76. The Morgan fingerprint density at radius 2 is 2.08 bits per heavy atom. The lowest BCUT2D eigenvalue weighted by Crippen LogP contribution is -2.15. The standard InChI is InChI=1S/C18H22ClN3O2/c1-11(2)10-21-13-5-6-20-16(8-13)18(23)22-15-7-12(3)14(19)9-17(15)24-4/h5-9,11H,10H2,1-4H3,(H,20,21)(H,22,23). The normalized spacial score (nSPS) is 10.6. The average Bonchev–Trinajstić information content (AvgIpc) is 2.56. The van der Waals surface area contributed by atoms with Crippen molar-refractivity contribution in [1.82, 2.24) is 4.98 Å². The smallest absolute Gasteiger partial charge is 0.274 e. The number of methoxy groups -OCH3 is 1. The summed E-state index contributed by atoms with van der Waals surface area (Å²) in [6.07, 6.45) is 1.61. The van der Waals surface area contributed by atoms with Crippen LogP contribution in [0.25, 0.3) is 0 Å². The summed E-state index contributed by atoms with van der Waals surface area (Å²) < 4.78 is 5.27. The fraction of sp³-hybridized carbons (Fsp3) is 0.333. The van der Waals surface area contributed by atoms with Crippen molar-refractivity contribution in [3.63, 3.8) is 0 Å². The number of amides is 1. The second-order valence-corrected chi connectivity index (χ2v) is 6.37. The number of hydrogen-bond acceptors (Lipinski definition) is 4. The molecule has 0 aliphatic carbocycles. The van der Waals surface area contributed by atoms with Crippen molar-refractivity contribution in [3.8, 4) is 5.75 Å². The van der Waals surface area contributed by atoms with Gasteiger partial charge in [0, 0.05) is 29.5 Å². The molecule has 0 atom stereocenters. The lowest BCUT2D eigenvalue weighted by Gasteiger charge is -2.13. The quantitative estimate of drug-likeness (QED) is 0.814. The monoisotopic (exact) mass is 347 g/mol. The molecule has 0 aliphatic rings. The van der Waals surface area contributed by atoms with Crippen LogP contribution in [0.5, 0.6) is 5.75 Å². The van der Waals surface area contributed by atoms with Crippen molar-refractivity contribution < 1.29 is 9.53 Å². The van der Waals surface area contributed by atoms with Gasteiger partial charge in [-0.3, -0.25) is 9.78 Å². The predicted octanol–water partition coefficient (Wildman–Crippen LogP) is 4.37. The molecule has 0 radical (unpaired) electrons. The summed E-state index contributed by atoms with van der Waals surface area (Å²) in [7, 11) is 1.53. The van der Waals surface area contributed by atoms with Crippen LogP contribution in [-0.4, -0.2) is 24.5 Å². The summed E-state index contributed by atoms with van der Waals surface area (Å²) in [4.78, 5) is 16.6. The number of aryl methyl sites for hydroxylation is 1. The first kappa shape index (κ1) is 18.1. The second kappa shape index (κ2) is 8.02. The number of nitrogens with zero attached hydrogens (tertiary/aromatic N) is 1. The number of anilines is 2. The second-order valence-electron chi connectivity index (χ2n) is 5.96. The zero-order valence-electron chi connectivity index (χ0n) is 14.3. The molecular formula is C18H22ClN3O2. The summed E-state index contributed by atoms with van der Waals surface area (Å²) in [6, 6.07) is 7.03. The summed E-state index contributed by atoms with van der Waals surface area (Å²) in [6.45, 7) is 6.94. The van der Waals surface area contributed by atoms with Gasteiger partial charge in [0.1, 0.15) is 11.4 Å². The van der Waals surface area contributed by atoms with Crippen LogP contribution in [0, 0.1) is 12.8 Å². The zero-order valence-corrected chi connectivity index (χ0v) is 15.1. The first-order chi connectivity index (χ1) is 11.4. The fourth-order valence-corrected chi connectivity index (χ4v) is 2.26. The minimum absolute atomic E-state index is 0.303. The van der Waals surface area contributed by atoms with E-state index in [2.05, 4.69) is 29.5 Å². The van der Waals surface area contributed by atoms with Gasteiger partial charge in [-0.15, -0.1) is 0 Å². The summed E-state index contributed by atoms with van der Waals surface area (Å²) in [5.41, 5.74) is 2.61. The van der Waals surface area contributed by atoms with Gasteiger partial charge in [-0.05, 0) is 36.6 Å². The summed E-state index contributed by atoms with van der Waals surface area (Å²) in [5, 5.41) is 6.69. The molecule has 2 rings (SSSR count). The molecular weight excluding hydrogens is 326 g/mol. The molecule has 0 unspecified atom stereocenters. The number of benzene rings is 1. The molecule has 6 heteroatoms.